The molecule has 1 atom stereocenters. The lowest BCUT2D eigenvalue weighted by Gasteiger charge is -2.14. The molecule has 0 bridgehead atoms. The van der Waals surface area contributed by atoms with Crippen LogP contribution < -0.4 is 15.5 Å². The fourth-order valence-electron chi connectivity index (χ4n) is 2.16. The second-order valence-electron chi connectivity index (χ2n) is 4.90. The van der Waals surface area contributed by atoms with E-state index in [0.29, 0.717) is 30.2 Å². The van der Waals surface area contributed by atoms with E-state index in [1.165, 1.54) is 0 Å². The number of benzene rings is 1. The number of hydrogen-bond donors (Lipinski definition) is 2. The van der Waals surface area contributed by atoms with E-state index in [1.54, 1.807) is 36.2 Å². The van der Waals surface area contributed by atoms with E-state index >= 15 is 0 Å². The highest BCUT2D eigenvalue weighted by Crippen LogP contribution is 2.22. The Morgan fingerprint density at radius 2 is 2.09 bits per heavy atom. The van der Waals surface area contributed by atoms with Crippen molar-refractivity contribution in [1.29, 1.82) is 0 Å². The molecular weight excluding hydrogens is 302 g/mol. The molecule has 7 heteroatoms. The molecule has 0 spiro atoms. The zero-order valence-electron chi connectivity index (χ0n) is 12.6. The highest BCUT2D eigenvalue weighted by atomic mass is 32.1. The number of carbonyl (C=O) groups excluding carboxylic acids is 2. The summed E-state index contributed by atoms with van der Waals surface area (Å²) in [5, 5.41) is 6.28. The van der Waals surface area contributed by atoms with E-state index < -0.39 is 6.09 Å². The van der Waals surface area contributed by atoms with Crippen LogP contribution >= 0.6 is 12.2 Å². The predicted octanol–water partition coefficient (Wildman–Crippen LogP) is 1.70. The van der Waals surface area contributed by atoms with Crippen LogP contribution in [-0.2, 0) is 4.74 Å². The molecule has 6 nitrogen and oxygen atoms in total. The molecule has 1 fully saturated rings. The lowest BCUT2D eigenvalue weighted by molar-refractivity contribution is 0.0988. The van der Waals surface area contributed by atoms with Crippen LogP contribution in [0.1, 0.15) is 23.7 Å². The fraction of sp³-hybridized carbons (Fsp3) is 0.400. The number of ether oxygens (including phenoxy) is 1. The van der Waals surface area contributed by atoms with Crippen molar-refractivity contribution in [3.63, 3.8) is 0 Å². The van der Waals surface area contributed by atoms with Crippen LogP contribution in [0.2, 0.25) is 0 Å². The van der Waals surface area contributed by atoms with Crippen molar-refractivity contribution in [3.8, 4) is 0 Å². The van der Waals surface area contributed by atoms with Crippen molar-refractivity contribution < 1.29 is 14.3 Å². The van der Waals surface area contributed by atoms with E-state index in [0.717, 1.165) is 5.69 Å². The summed E-state index contributed by atoms with van der Waals surface area (Å²) in [6, 6.07) is 6.99. The van der Waals surface area contributed by atoms with Crippen LogP contribution in [0, 0.1) is 0 Å². The van der Waals surface area contributed by atoms with Gasteiger partial charge in [0.05, 0.1) is 13.1 Å². The quantitative estimate of drug-likeness (QED) is 0.635. The minimum atomic E-state index is -0.392. The van der Waals surface area contributed by atoms with E-state index in [1.807, 2.05) is 6.92 Å². The summed E-state index contributed by atoms with van der Waals surface area (Å²) in [4.78, 5) is 25.1. The first kappa shape index (κ1) is 16.2. The first-order valence-electron chi connectivity index (χ1n) is 7.12. The maximum Gasteiger partial charge on any atom is 0.414 e. The molecule has 1 heterocycles. The largest absolute Gasteiger partial charge is 0.442 e. The van der Waals surface area contributed by atoms with Gasteiger partial charge in [0.2, 0.25) is 0 Å². The minimum Gasteiger partial charge on any atom is -0.442 e. The highest BCUT2D eigenvalue weighted by molar-refractivity contribution is 7.80. The number of ketones is 1. The van der Waals surface area contributed by atoms with Crippen molar-refractivity contribution in [2.45, 2.75) is 19.4 Å². The van der Waals surface area contributed by atoms with Crippen molar-refractivity contribution in [2.24, 2.45) is 0 Å². The zero-order chi connectivity index (χ0) is 16.1. The average Bonchev–Trinajstić information content (AvgIpc) is 2.92. The summed E-state index contributed by atoms with van der Waals surface area (Å²) in [5.74, 6) is 0.0817. The van der Waals surface area contributed by atoms with Crippen LogP contribution in [0.3, 0.4) is 0 Å². The third-order valence-corrected chi connectivity index (χ3v) is 3.76. The van der Waals surface area contributed by atoms with Gasteiger partial charge in [-0.2, -0.15) is 0 Å². The van der Waals surface area contributed by atoms with Gasteiger partial charge in [0.15, 0.2) is 10.9 Å². The first-order chi connectivity index (χ1) is 10.5. The van der Waals surface area contributed by atoms with Gasteiger partial charge in [-0.25, -0.2) is 4.79 Å². The standard InChI is InChI=1S/C15H19N3O3S/c1-3-13(19)10-4-6-11(7-5-10)18-9-12(21-15(18)20)8-17-14(22)16-2/h4-7,12H,3,8-9H2,1-2H3,(H2,16,17,22)/t12-/m0/s1. The molecule has 118 valence electrons. The summed E-state index contributed by atoms with van der Waals surface area (Å²) >= 11 is 4.98. The van der Waals surface area contributed by atoms with Crippen LogP contribution in [0.15, 0.2) is 24.3 Å². The van der Waals surface area contributed by atoms with E-state index in [9.17, 15) is 9.59 Å². The molecule has 1 aromatic carbocycles. The summed E-state index contributed by atoms with van der Waals surface area (Å²) < 4.78 is 5.29. The topological polar surface area (TPSA) is 70.7 Å². The van der Waals surface area contributed by atoms with Crippen LogP contribution in [0.4, 0.5) is 10.5 Å². The Labute approximate surface area is 134 Å². The molecule has 0 radical (unpaired) electrons. The number of thiocarbonyl (C=S) groups is 1. The molecule has 1 aromatic rings. The van der Waals surface area contributed by atoms with Crippen molar-refractivity contribution in [3.05, 3.63) is 29.8 Å². The maximum absolute atomic E-state index is 11.9. The summed E-state index contributed by atoms with van der Waals surface area (Å²) in [5.41, 5.74) is 1.37. The molecule has 1 aliphatic heterocycles. The maximum atomic E-state index is 11.9. The van der Waals surface area contributed by atoms with E-state index in [-0.39, 0.29) is 11.9 Å². The average molecular weight is 321 g/mol. The normalized spacial score (nSPS) is 17.1. The Balaban J connectivity index is 1.99. The number of nitrogens with one attached hydrogen (secondary N) is 2. The van der Waals surface area contributed by atoms with Gasteiger partial charge in [0.1, 0.15) is 6.10 Å². The zero-order valence-corrected chi connectivity index (χ0v) is 13.4. The summed E-state index contributed by atoms with van der Waals surface area (Å²) in [6.07, 6.45) is -0.197. The SMILES string of the molecule is CCC(=O)c1ccc(N2C[C@H](CNC(=S)NC)OC2=O)cc1. The van der Waals surface area contributed by atoms with Gasteiger partial charge in [0.25, 0.3) is 0 Å². The Bertz CT molecular complexity index is 574. The van der Waals surface area contributed by atoms with Gasteiger partial charge in [-0.05, 0) is 36.5 Å². The number of nitrogens with zero attached hydrogens (tertiary/aromatic N) is 1. The van der Waals surface area contributed by atoms with Gasteiger partial charge in [-0.3, -0.25) is 9.69 Å². The number of hydrogen-bond acceptors (Lipinski definition) is 4. The van der Waals surface area contributed by atoms with Crippen molar-refractivity contribution >= 4 is 34.9 Å². The molecule has 0 saturated carbocycles. The van der Waals surface area contributed by atoms with Crippen LogP contribution in [0.5, 0.6) is 0 Å². The highest BCUT2D eigenvalue weighted by Gasteiger charge is 2.32. The van der Waals surface area contributed by atoms with E-state index in [4.69, 9.17) is 17.0 Å². The monoisotopic (exact) mass is 321 g/mol. The lowest BCUT2D eigenvalue weighted by Crippen LogP contribution is -2.39. The number of rotatable bonds is 5. The molecule has 1 amide bonds. The Morgan fingerprint density at radius 3 is 2.68 bits per heavy atom. The molecule has 22 heavy (non-hydrogen) atoms. The van der Waals surface area contributed by atoms with Crippen molar-refractivity contribution in [1.82, 2.24) is 10.6 Å². The third kappa shape index (κ3) is 3.73. The second-order valence-corrected chi connectivity index (χ2v) is 5.31. The molecule has 1 aliphatic rings. The number of anilines is 1. The lowest BCUT2D eigenvalue weighted by atomic mass is 10.1. The Hall–Kier alpha value is -2.15. The number of cyclic esters (lactones) is 1. The van der Waals surface area contributed by atoms with Gasteiger partial charge in [-0.15, -0.1) is 0 Å². The Kier molecular flexibility index (Phi) is 5.32. The first-order valence-corrected chi connectivity index (χ1v) is 7.53. The van der Waals surface area contributed by atoms with Crippen LogP contribution in [-0.4, -0.2) is 43.2 Å². The number of amides is 1. The van der Waals surface area contributed by atoms with Gasteiger partial charge in [0, 0.05) is 24.7 Å². The van der Waals surface area contributed by atoms with Crippen molar-refractivity contribution in [2.75, 3.05) is 25.0 Å². The van der Waals surface area contributed by atoms with Gasteiger partial charge >= 0.3 is 6.09 Å². The molecule has 0 unspecified atom stereocenters. The van der Waals surface area contributed by atoms with Crippen LogP contribution in [0.25, 0.3) is 0 Å². The molecule has 2 N–H and O–H groups in total. The fourth-order valence-corrected chi connectivity index (χ4v) is 2.25. The summed E-state index contributed by atoms with van der Waals surface area (Å²) in [7, 11) is 1.72. The molecular formula is C15H19N3O3S. The smallest absolute Gasteiger partial charge is 0.414 e. The van der Waals surface area contributed by atoms with E-state index in [2.05, 4.69) is 10.6 Å². The molecule has 0 aromatic heterocycles. The van der Waals surface area contributed by atoms with Gasteiger partial charge in [-0.1, -0.05) is 6.92 Å². The number of Topliss-reactive ketones (excluding diaryl/α,β-unsaturated/α-hetero) is 1. The predicted molar refractivity (Wildman–Crippen MR) is 88.3 cm³/mol. The Morgan fingerprint density at radius 1 is 1.41 bits per heavy atom. The molecule has 1 saturated heterocycles. The minimum absolute atomic E-state index is 0.0817. The third-order valence-electron chi connectivity index (χ3n) is 3.41. The van der Waals surface area contributed by atoms with Gasteiger partial charge < -0.3 is 15.4 Å². The molecule has 0 aliphatic carbocycles. The second kappa shape index (κ2) is 7.22. The number of carbonyl (C=O) groups is 2. The molecule has 2 rings (SSSR count). The summed E-state index contributed by atoms with van der Waals surface area (Å²) in [6.45, 7) is 2.72.